The third-order valence-corrected chi connectivity index (χ3v) is 4.44. The number of halogens is 4. The molecule has 0 aromatic carbocycles. The van der Waals surface area contributed by atoms with Gasteiger partial charge in [-0.2, -0.15) is 13.2 Å². The number of aromatic nitrogens is 2. The van der Waals surface area contributed by atoms with Crippen molar-refractivity contribution in [1.82, 2.24) is 20.6 Å². The predicted molar refractivity (Wildman–Crippen MR) is 119 cm³/mol. The Hall–Kier alpha value is -1.63. The number of rotatable bonds is 9. The van der Waals surface area contributed by atoms with Crippen molar-refractivity contribution in [2.75, 3.05) is 13.2 Å². The minimum atomic E-state index is -4.43. The molecule has 0 unspecified atom stereocenters. The van der Waals surface area contributed by atoms with Gasteiger partial charge in [0, 0.05) is 23.7 Å². The van der Waals surface area contributed by atoms with Crippen LogP contribution in [0.5, 0.6) is 5.88 Å². The molecule has 2 N–H and O–H groups in total. The van der Waals surface area contributed by atoms with E-state index >= 15 is 0 Å². The summed E-state index contributed by atoms with van der Waals surface area (Å²) in [5, 5.41) is 7.41. The van der Waals surface area contributed by atoms with E-state index in [-0.39, 0.29) is 30.5 Å². The number of pyridine rings is 1. The summed E-state index contributed by atoms with van der Waals surface area (Å²) >= 11 is 0.958. The van der Waals surface area contributed by atoms with Crippen LogP contribution < -0.4 is 15.4 Å². The van der Waals surface area contributed by atoms with Crippen LogP contribution in [0.25, 0.3) is 0 Å². The highest BCUT2D eigenvalue weighted by Crippen LogP contribution is 2.29. The van der Waals surface area contributed by atoms with Gasteiger partial charge in [0.05, 0.1) is 19.7 Å². The van der Waals surface area contributed by atoms with E-state index < -0.39 is 11.9 Å². The van der Waals surface area contributed by atoms with Gasteiger partial charge in [-0.1, -0.05) is 19.4 Å². The molecule has 162 valence electrons. The summed E-state index contributed by atoms with van der Waals surface area (Å²) in [6, 6.07) is 3.70. The molecule has 29 heavy (non-hydrogen) atoms. The number of aliphatic imine (C=N–C) groups is 1. The fourth-order valence-electron chi connectivity index (χ4n) is 2.18. The second kappa shape index (κ2) is 12.8. The Bertz CT molecular complexity index is 770. The van der Waals surface area contributed by atoms with Crippen LogP contribution in [-0.2, 0) is 19.3 Å². The first-order valence-corrected chi connectivity index (χ1v) is 9.92. The van der Waals surface area contributed by atoms with Gasteiger partial charge in [0.2, 0.25) is 5.88 Å². The molecule has 0 saturated carbocycles. The molecule has 0 aliphatic rings. The van der Waals surface area contributed by atoms with Crippen molar-refractivity contribution in [3.63, 3.8) is 0 Å². The third kappa shape index (κ3) is 8.72. The van der Waals surface area contributed by atoms with Crippen LogP contribution >= 0.6 is 35.3 Å². The standard InChI is InChI=1S/C18H24F3N5OS.HI/c1-3-5-9-27-16-13(7-6-8-23-16)10-24-17(22-4-2)25-11-15-26-14(12-28-15)18(19,20)21;/h6-8,12H,3-5,9-11H2,1-2H3,(H2,22,24,25);1H. The number of ether oxygens (including phenoxy) is 1. The Morgan fingerprint density at radius 2 is 2.07 bits per heavy atom. The van der Waals surface area contributed by atoms with E-state index in [0.717, 1.165) is 35.1 Å². The quantitative estimate of drug-likeness (QED) is 0.209. The van der Waals surface area contributed by atoms with Crippen molar-refractivity contribution in [2.45, 2.75) is 46.0 Å². The summed E-state index contributed by atoms with van der Waals surface area (Å²) in [5.74, 6) is 1.03. The lowest BCUT2D eigenvalue weighted by Crippen LogP contribution is -2.36. The monoisotopic (exact) mass is 543 g/mol. The van der Waals surface area contributed by atoms with E-state index in [4.69, 9.17) is 4.74 Å². The van der Waals surface area contributed by atoms with Crippen molar-refractivity contribution in [3.8, 4) is 5.88 Å². The average molecular weight is 543 g/mol. The molecule has 0 aliphatic carbocycles. The second-order valence-corrected chi connectivity index (χ2v) is 6.79. The van der Waals surface area contributed by atoms with Gasteiger partial charge in [0.1, 0.15) is 5.01 Å². The van der Waals surface area contributed by atoms with Crippen LogP contribution in [0.4, 0.5) is 13.2 Å². The summed E-state index contributed by atoms with van der Waals surface area (Å²) < 4.78 is 43.6. The van der Waals surface area contributed by atoms with Crippen molar-refractivity contribution in [2.24, 2.45) is 4.99 Å². The fraction of sp³-hybridized carbons (Fsp3) is 0.500. The Morgan fingerprint density at radius 1 is 1.28 bits per heavy atom. The Balaban J connectivity index is 0.00000420. The molecule has 0 bridgehead atoms. The lowest BCUT2D eigenvalue weighted by atomic mass is 10.3. The van der Waals surface area contributed by atoms with E-state index in [1.807, 2.05) is 19.1 Å². The lowest BCUT2D eigenvalue weighted by Gasteiger charge is -2.11. The molecule has 0 fully saturated rings. The highest BCUT2D eigenvalue weighted by atomic mass is 127. The lowest BCUT2D eigenvalue weighted by molar-refractivity contribution is -0.140. The molecule has 2 aromatic rings. The number of alkyl halides is 3. The molecule has 0 radical (unpaired) electrons. The zero-order chi connectivity index (χ0) is 20.4. The zero-order valence-corrected chi connectivity index (χ0v) is 19.4. The third-order valence-electron chi connectivity index (χ3n) is 3.59. The first-order valence-electron chi connectivity index (χ1n) is 9.04. The molecule has 0 atom stereocenters. The van der Waals surface area contributed by atoms with Gasteiger partial charge in [-0.3, -0.25) is 0 Å². The van der Waals surface area contributed by atoms with Gasteiger partial charge < -0.3 is 15.4 Å². The summed E-state index contributed by atoms with van der Waals surface area (Å²) in [6.07, 6.45) is -0.792. The fourth-order valence-corrected chi connectivity index (χ4v) is 2.92. The maximum atomic E-state index is 12.6. The maximum Gasteiger partial charge on any atom is 0.434 e. The predicted octanol–water partition coefficient (Wildman–Crippen LogP) is 4.61. The largest absolute Gasteiger partial charge is 0.477 e. The number of hydrogen-bond donors (Lipinski definition) is 2. The van der Waals surface area contributed by atoms with E-state index in [9.17, 15) is 13.2 Å². The molecule has 2 rings (SSSR count). The highest BCUT2D eigenvalue weighted by Gasteiger charge is 2.33. The molecular formula is C18H25F3IN5OS. The molecule has 0 saturated heterocycles. The van der Waals surface area contributed by atoms with Crippen molar-refractivity contribution < 1.29 is 17.9 Å². The van der Waals surface area contributed by atoms with E-state index in [1.165, 1.54) is 0 Å². The molecule has 6 nitrogen and oxygen atoms in total. The molecule has 0 amide bonds. The van der Waals surface area contributed by atoms with Crippen molar-refractivity contribution in [1.29, 1.82) is 0 Å². The van der Waals surface area contributed by atoms with E-state index in [0.29, 0.717) is 36.5 Å². The number of nitrogens with zero attached hydrogens (tertiary/aromatic N) is 3. The summed E-state index contributed by atoms with van der Waals surface area (Å²) in [4.78, 5) is 12.3. The smallest absolute Gasteiger partial charge is 0.434 e. The van der Waals surface area contributed by atoms with Gasteiger partial charge in [0.25, 0.3) is 0 Å². The number of guanidine groups is 1. The normalized spacial score (nSPS) is 11.7. The van der Waals surface area contributed by atoms with Crippen molar-refractivity contribution >= 4 is 41.3 Å². The van der Waals surface area contributed by atoms with Crippen molar-refractivity contribution in [3.05, 3.63) is 40.0 Å². The van der Waals surface area contributed by atoms with Gasteiger partial charge >= 0.3 is 6.18 Å². The molecule has 11 heteroatoms. The molecule has 2 heterocycles. The molecule has 0 aliphatic heterocycles. The van der Waals surface area contributed by atoms with E-state index in [2.05, 4.69) is 32.5 Å². The van der Waals surface area contributed by atoms with Gasteiger partial charge in [-0.05, 0) is 19.4 Å². The van der Waals surface area contributed by atoms with E-state index in [1.54, 1.807) is 6.20 Å². The zero-order valence-electron chi connectivity index (χ0n) is 16.3. The van der Waals surface area contributed by atoms with Crippen LogP contribution in [0.2, 0.25) is 0 Å². The second-order valence-electron chi connectivity index (χ2n) is 5.84. The van der Waals surface area contributed by atoms with Crippen LogP contribution in [0.15, 0.2) is 28.7 Å². The Labute approximate surface area is 189 Å². The topological polar surface area (TPSA) is 71.4 Å². The molecule has 2 aromatic heterocycles. The molecular weight excluding hydrogens is 518 g/mol. The van der Waals surface area contributed by atoms with Gasteiger partial charge in [-0.25, -0.2) is 15.0 Å². The Kier molecular flexibility index (Phi) is 11.2. The number of nitrogens with one attached hydrogen (secondary N) is 2. The number of thiazole rings is 1. The highest BCUT2D eigenvalue weighted by molar-refractivity contribution is 14.0. The van der Waals surface area contributed by atoms with Gasteiger partial charge in [-0.15, -0.1) is 35.3 Å². The maximum absolute atomic E-state index is 12.6. The number of hydrogen-bond acceptors (Lipinski definition) is 5. The average Bonchev–Trinajstić information content (AvgIpc) is 3.15. The van der Waals surface area contributed by atoms with Crippen LogP contribution in [-0.4, -0.2) is 29.1 Å². The van der Waals surface area contributed by atoms with Crippen LogP contribution in [0, 0.1) is 0 Å². The van der Waals surface area contributed by atoms with Crippen LogP contribution in [0.1, 0.15) is 43.0 Å². The van der Waals surface area contributed by atoms with Gasteiger partial charge in [0.15, 0.2) is 11.7 Å². The van der Waals surface area contributed by atoms with Crippen LogP contribution in [0.3, 0.4) is 0 Å². The minimum absolute atomic E-state index is 0. The molecule has 0 spiro atoms. The summed E-state index contributed by atoms with van der Waals surface area (Å²) in [6.45, 7) is 5.68. The number of unbranched alkanes of at least 4 members (excludes halogenated alkanes) is 1. The SMILES string of the molecule is CCCCOc1ncccc1CN=C(NCC)NCc1nc(C(F)(F)F)cs1.I. The first-order chi connectivity index (χ1) is 13.4. The minimum Gasteiger partial charge on any atom is -0.477 e. The summed E-state index contributed by atoms with van der Waals surface area (Å²) in [5.41, 5.74) is -0.0371. The Morgan fingerprint density at radius 3 is 2.72 bits per heavy atom. The summed E-state index contributed by atoms with van der Waals surface area (Å²) in [7, 11) is 0. The first kappa shape index (κ1) is 25.4.